The lowest BCUT2D eigenvalue weighted by atomic mass is 10.8. The normalized spacial score (nSPS) is 13.2. The van der Waals surface area contributed by atoms with Gasteiger partial charge >= 0.3 is 20.7 Å². The molecule has 0 saturated carbocycles. The summed E-state index contributed by atoms with van der Waals surface area (Å²) in [4.78, 5) is 0. The maximum Gasteiger partial charge on any atom is 0.413 e. The minimum absolute atomic E-state index is 0.405. The van der Waals surface area contributed by atoms with Crippen LogP contribution in [0.15, 0.2) is 0 Å². The molecular formula is C2H7NO7S2. The number of aliphatic hydroxyl groups is 1. The highest BCUT2D eigenvalue weighted by Crippen LogP contribution is 1.93. The van der Waals surface area contributed by atoms with Crippen LogP contribution in [0.2, 0.25) is 0 Å². The predicted molar refractivity (Wildman–Crippen MR) is 36.6 cm³/mol. The molecule has 0 heterocycles. The third kappa shape index (κ3) is 6.45. The molecule has 0 fully saturated rings. The Morgan fingerprint density at radius 1 is 1.25 bits per heavy atom. The molecule has 0 aliphatic carbocycles. The highest BCUT2D eigenvalue weighted by atomic mass is 32.3. The van der Waals surface area contributed by atoms with Crippen molar-refractivity contribution in [3.8, 4) is 0 Å². The summed E-state index contributed by atoms with van der Waals surface area (Å²) in [6.07, 6.45) is 0. The van der Waals surface area contributed by atoms with Crippen LogP contribution in [0.5, 0.6) is 0 Å². The van der Waals surface area contributed by atoms with Crippen molar-refractivity contribution < 1.29 is 30.1 Å². The van der Waals surface area contributed by atoms with E-state index < -0.39 is 33.9 Å². The average Bonchev–Trinajstić information content (AvgIpc) is 1.78. The van der Waals surface area contributed by atoms with Gasteiger partial charge in [-0.3, -0.25) is 4.55 Å². The largest absolute Gasteiger partial charge is 0.413 e. The molecule has 0 saturated heterocycles. The third-order valence-corrected chi connectivity index (χ3v) is 2.53. The molecule has 0 unspecified atom stereocenters. The minimum atomic E-state index is -5.04. The molecule has 8 nitrogen and oxygen atoms in total. The molecule has 3 N–H and O–H groups in total. The second kappa shape index (κ2) is 4.11. The van der Waals surface area contributed by atoms with Crippen LogP contribution in [-0.4, -0.2) is 39.6 Å². The van der Waals surface area contributed by atoms with Crippen molar-refractivity contribution in [3.05, 3.63) is 0 Å². The Morgan fingerprint density at radius 3 is 2.08 bits per heavy atom. The number of rotatable bonds is 5. The number of nitrogens with one attached hydrogen (secondary N) is 1. The second-order valence-electron chi connectivity index (χ2n) is 1.57. The molecular weight excluding hydrogens is 214 g/mol. The Hall–Kier alpha value is -0.260. The lowest BCUT2D eigenvalue weighted by molar-refractivity contribution is 0.297. The average molecular weight is 221 g/mol. The summed E-state index contributed by atoms with van der Waals surface area (Å²) in [5, 5.41) is 8.13. The molecule has 10 heteroatoms. The molecule has 0 bridgehead atoms. The topological polar surface area (TPSA) is 130 Å². The van der Waals surface area contributed by atoms with Gasteiger partial charge in [0.05, 0.1) is 6.61 Å². The monoisotopic (exact) mass is 221 g/mol. The molecule has 0 aromatic rings. The summed E-state index contributed by atoms with van der Waals surface area (Å²) in [7, 11) is -9.59. The zero-order valence-corrected chi connectivity index (χ0v) is 7.30. The van der Waals surface area contributed by atoms with Crippen molar-refractivity contribution in [2.75, 3.05) is 13.2 Å². The summed E-state index contributed by atoms with van der Waals surface area (Å²) in [6.45, 7) is -0.925. The molecule has 0 aliphatic heterocycles. The Bertz CT molecular complexity index is 313. The van der Waals surface area contributed by atoms with Crippen molar-refractivity contribution in [2.45, 2.75) is 0 Å². The molecule has 0 atom stereocenters. The van der Waals surface area contributed by atoms with Gasteiger partial charge < -0.3 is 5.11 Å². The van der Waals surface area contributed by atoms with Crippen LogP contribution in [0, 0.1) is 0 Å². The summed E-state index contributed by atoms with van der Waals surface area (Å²) < 4.78 is 53.2. The Labute approximate surface area is 69.4 Å². The van der Waals surface area contributed by atoms with E-state index >= 15 is 0 Å². The Kier molecular flexibility index (Phi) is 4.02. The fourth-order valence-electron chi connectivity index (χ4n) is 0.308. The van der Waals surface area contributed by atoms with E-state index in [9.17, 15) is 16.8 Å². The summed E-state index contributed by atoms with van der Waals surface area (Å²) >= 11 is 0. The summed E-state index contributed by atoms with van der Waals surface area (Å²) in [5.74, 6) is 0. The third-order valence-electron chi connectivity index (χ3n) is 0.566. The van der Waals surface area contributed by atoms with Gasteiger partial charge in [0.1, 0.15) is 0 Å². The summed E-state index contributed by atoms with van der Waals surface area (Å²) in [5.41, 5.74) is 0. The fourth-order valence-corrected chi connectivity index (χ4v) is 1.75. The first-order chi connectivity index (χ1) is 5.27. The summed E-state index contributed by atoms with van der Waals surface area (Å²) in [6, 6.07) is 0. The highest BCUT2D eigenvalue weighted by Gasteiger charge is 2.18. The number of hydrogen-bond acceptors (Lipinski definition) is 6. The van der Waals surface area contributed by atoms with Gasteiger partial charge in [0, 0.05) is 6.54 Å². The van der Waals surface area contributed by atoms with Crippen LogP contribution < -0.4 is 4.72 Å². The molecule has 0 amide bonds. The van der Waals surface area contributed by atoms with Crippen LogP contribution >= 0.6 is 0 Å². The van der Waals surface area contributed by atoms with E-state index in [0.717, 1.165) is 0 Å². The zero-order chi connectivity index (χ0) is 9.83. The first-order valence-corrected chi connectivity index (χ1v) is 5.33. The van der Waals surface area contributed by atoms with E-state index in [1.165, 1.54) is 4.72 Å². The van der Waals surface area contributed by atoms with Gasteiger partial charge in [0.2, 0.25) is 0 Å². The SMILES string of the molecule is O=S(=O)(O)OS(=O)(=O)NCCO. The molecule has 74 valence electrons. The van der Waals surface area contributed by atoms with Gasteiger partial charge in [-0.2, -0.15) is 21.6 Å². The standard InChI is InChI=1S/C2H7NO7S2/c4-2-1-3-11(5,6)10-12(7,8)9/h3-4H,1-2H2,(H,7,8,9). The first kappa shape index (κ1) is 11.7. The fraction of sp³-hybridized carbons (Fsp3) is 1.00. The van der Waals surface area contributed by atoms with Gasteiger partial charge in [0.25, 0.3) is 0 Å². The lowest BCUT2D eigenvalue weighted by Crippen LogP contribution is -2.30. The van der Waals surface area contributed by atoms with Crippen LogP contribution in [0.25, 0.3) is 0 Å². The van der Waals surface area contributed by atoms with E-state index in [4.69, 9.17) is 9.66 Å². The lowest BCUT2D eigenvalue weighted by Gasteiger charge is -2.01. The van der Waals surface area contributed by atoms with Gasteiger partial charge in [-0.05, 0) is 0 Å². The van der Waals surface area contributed by atoms with E-state index in [1.807, 2.05) is 0 Å². The highest BCUT2D eigenvalue weighted by molar-refractivity contribution is 7.96. The van der Waals surface area contributed by atoms with E-state index in [2.05, 4.69) is 3.63 Å². The Balaban J connectivity index is 4.26. The Morgan fingerprint density at radius 2 is 1.75 bits per heavy atom. The van der Waals surface area contributed by atoms with Crippen LogP contribution in [-0.2, 0) is 24.3 Å². The van der Waals surface area contributed by atoms with Crippen LogP contribution in [0.3, 0.4) is 0 Å². The van der Waals surface area contributed by atoms with E-state index in [0.29, 0.717) is 0 Å². The van der Waals surface area contributed by atoms with Crippen molar-refractivity contribution >= 4 is 20.7 Å². The second-order valence-corrected chi connectivity index (χ2v) is 4.16. The molecule has 12 heavy (non-hydrogen) atoms. The van der Waals surface area contributed by atoms with Crippen molar-refractivity contribution in [1.29, 1.82) is 0 Å². The smallest absolute Gasteiger partial charge is 0.395 e. The van der Waals surface area contributed by atoms with Crippen LogP contribution in [0.1, 0.15) is 0 Å². The number of hydrogen-bond donors (Lipinski definition) is 3. The first-order valence-electron chi connectivity index (χ1n) is 2.56. The maximum atomic E-state index is 10.4. The number of aliphatic hydroxyl groups excluding tert-OH is 1. The minimum Gasteiger partial charge on any atom is -0.395 e. The predicted octanol–water partition coefficient (Wildman–Crippen LogP) is -2.37. The van der Waals surface area contributed by atoms with Crippen molar-refractivity contribution in [2.24, 2.45) is 0 Å². The van der Waals surface area contributed by atoms with Crippen molar-refractivity contribution in [1.82, 2.24) is 4.72 Å². The van der Waals surface area contributed by atoms with Crippen molar-refractivity contribution in [3.63, 3.8) is 0 Å². The van der Waals surface area contributed by atoms with Gasteiger partial charge in [0.15, 0.2) is 0 Å². The van der Waals surface area contributed by atoms with E-state index in [1.54, 1.807) is 0 Å². The molecule has 0 rings (SSSR count). The molecule has 0 radical (unpaired) electrons. The van der Waals surface area contributed by atoms with E-state index in [-0.39, 0.29) is 0 Å². The van der Waals surface area contributed by atoms with Crippen LogP contribution in [0.4, 0.5) is 0 Å². The zero-order valence-electron chi connectivity index (χ0n) is 5.67. The maximum absolute atomic E-state index is 10.4. The molecule has 0 aromatic heterocycles. The molecule has 0 spiro atoms. The van der Waals surface area contributed by atoms with Gasteiger partial charge in [-0.25, -0.2) is 0 Å². The molecule has 0 aromatic carbocycles. The quantitative estimate of drug-likeness (QED) is 0.442. The molecule has 0 aliphatic rings. The van der Waals surface area contributed by atoms with Gasteiger partial charge in [-0.1, -0.05) is 0 Å². The van der Waals surface area contributed by atoms with Gasteiger partial charge in [-0.15, -0.1) is 3.63 Å².